The molecule has 0 aromatic carbocycles. The molecule has 0 radical (unpaired) electrons. The van der Waals surface area contributed by atoms with E-state index in [0.717, 1.165) is 18.1 Å². The molecule has 0 aliphatic rings. The van der Waals surface area contributed by atoms with Gasteiger partial charge in [0.05, 0.1) is 5.01 Å². The fraction of sp³-hybridized carbons (Fsp3) is 0.571. The third-order valence-electron chi connectivity index (χ3n) is 1.29. The van der Waals surface area contributed by atoms with Crippen molar-refractivity contribution in [2.75, 3.05) is 13.1 Å². The predicted octanol–water partition coefficient (Wildman–Crippen LogP) is 0.500. The molecule has 0 saturated carbocycles. The first-order valence-corrected chi connectivity index (χ1v) is 4.46. The molecule has 11 heavy (non-hydrogen) atoms. The Morgan fingerprint density at radius 3 is 3.09 bits per heavy atom. The van der Waals surface area contributed by atoms with Crippen molar-refractivity contribution in [2.24, 2.45) is 5.73 Å². The topological polar surface area (TPSA) is 50.9 Å². The van der Waals surface area contributed by atoms with Crippen LogP contribution in [-0.4, -0.2) is 18.1 Å². The Balaban J connectivity index is 2.27. The van der Waals surface area contributed by atoms with E-state index in [1.54, 1.807) is 11.3 Å². The average molecular weight is 171 g/mol. The molecule has 0 bridgehead atoms. The summed E-state index contributed by atoms with van der Waals surface area (Å²) in [5.74, 6) is 0. The van der Waals surface area contributed by atoms with Crippen LogP contribution in [0.15, 0.2) is 6.20 Å². The van der Waals surface area contributed by atoms with Gasteiger partial charge in [0.1, 0.15) is 0 Å². The van der Waals surface area contributed by atoms with Crippen LogP contribution in [0, 0.1) is 6.92 Å². The molecule has 0 spiro atoms. The van der Waals surface area contributed by atoms with Crippen LogP contribution in [0.1, 0.15) is 9.88 Å². The SMILES string of the molecule is Cc1ncc(CNCCN)s1. The highest BCUT2D eigenvalue weighted by atomic mass is 32.1. The van der Waals surface area contributed by atoms with E-state index in [1.807, 2.05) is 13.1 Å². The molecule has 62 valence electrons. The summed E-state index contributed by atoms with van der Waals surface area (Å²) >= 11 is 1.72. The van der Waals surface area contributed by atoms with Gasteiger partial charge in [0.25, 0.3) is 0 Å². The molecule has 0 aliphatic heterocycles. The van der Waals surface area contributed by atoms with Crippen LogP contribution >= 0.6 is 11.3 Å². The number of hydrogen-bond donors (Lipinski definition) is 2. The Kier molecular flexibility index (Phi) is 3.48. The van der Waals surface area contributed by atoms with E-state index in [9.17, 15) is 0 Å². The Hall–Kier alpha value is -0.450. The third-order valence-corrected chi connectivity index (χ3v) is 2.20. The predicted molar refractivity (Wildman–Crippen MR) is 47.6 cm³/mol. The van der Waals surface area contributed by atoms with Crippen LogP contribution in [-0.2, 0) is 6.54 Å². The Bertz CT molecular complexity index is 209. The second-order valence-electron chi connectivity index (χ2n) is 2.31. The maximum absolute atomic E-state index is 5.32. The minimum absolute atomic E-state index is 0.692. The van der Waals surface area contributed by atoms with Crippen molar-refractivity contribution in [1.82, 2.24) is 10.3 Å². The number of rotatable bonds is 4. The maximum Gasteiger partial charge on any atom is 0.0897 e. The number of thiazole rings is 1. The second kappa shape index (κ2) is 4.43. The molecule has 0 fully saturated rings. The van der Waals surface area contributed by atoms with Crippen LogP contribution in [0.2, 0.25) is 0 Å². The second-order valence-corrected chi connectivity index (χ2v) is 3.63. The van der Waals surface area contributed by atoms with Crippen molar-refractivity contribution in [2.45, 2.75) is 13.5 Å². The summed E-state index contributed by atoms with van der Waals surface area (Å²) in [5.41, 5.74) is 5.32. The van der Waals surface area contributed by atoms with Gasteiger partial charge in [-0.1, -0.05) is 0 Å². The zero-order valence-electron chi connectivity index (χ0n) is 6.63. The minimum atomic E-state index is 0.692. The molecule has 1 aromatic heterocycles. The first kappa shape index (κ1) is 8.64. The summed E-state index contributed by atoms with van der Waals surface area (Å²) in [7, 11) is 0. The van der Waals surface area contributed by atoms with Crippen LogP contribution in [0.25, 0.3) is 0 Å². The molecule has 3 N–H and O–H groups in total. The van der Waals surface area contributed by atoms with Gasteiger partial charge >= 0.3 is 0 Å². The molecule has 0 unspecified atom stereocenters. The van der Waals surface area contributed by atoms with Crippen molar-refractivity contribution in [1.29, 1.82) is 0 Å². The lowest BCUT2D eigenvalue weighted by molar-refractivity contribution is 0.701. The summed E-state index contributed by atoms with van der Waals surface area (Å²) in [6.07, 6.45) is 1.91. The van der Waals surface area contributed by atoms with Gasteiger partial charge in [-0.05, 0) is 6.92 Å². The van der Waals surface area contributed by atoms with E-state index in [-0.39, 0.29) is 0 Å². The smallest absolute Gasteiger partial charge is 0.0897 e. The first-order valence-electron chi connectivity index (χ1n) is 3.65. The zero-order valence-corrected chi connectivity index (χ0v) is 7.45. The van der Waals surface area contributed by atoms with Crippen LogP contribution in [0.4, 0.5) is 0 Å². The van der Waals surface area contributed by atoms with Crippen molar-refractivity contribution in [3.8, 4) is 0 Å². The molecule has 3 nitrogen and oxygen atoms in total. The fourth-order valence-electron chi connectivity index (χ4n) is 0.801. The third kappa shape index (κ3) is 2.96. The van der Waals surface area contributed by atoms with Crippen LogP contribution < -0.4 is 11.1 Å². The molecule has 0 aliphatic carbocycles. The fourth-order valence-corrected chi connectivity index (χ4v) is 1.57. The number of nitrogens with zero attached hydrogens (tertiary/aromatic N) is 1. The molecular formula is C7H13N3S. The molecule has 1 aromatic rings. The Morgan fingerprint density at radius 2 is 2.55 bits per heavy atom. The lowest BCUT2D eigenvalue weighted by atomic mass is 10.5. The molecule has 0 saturated heterocycles. The van der Waals surface area contributed by atoms with E-state index >= 15 is 0 Å². The minimum Gasteiger partial charge on any atom is -0.329 e. The standard InChI is InChI=1S/C7H13N3S/c1-6-10-5-7(11-6)4-9-3-2-8/h5,9H,2-4,8H2,1H3. The molecule has 0 atom stereocenters. The van der Waals surface area contributed by atoms with E-state index in [1.165, 1.54) is 4.88 Å². The first-order chi connectivity index (χ1) is 5.33. The van der Waals surface area contributed by atoms with E-state index in [2.05, 4.69) is 10.3 Å². The summed E-state index contributed by atoms with van der Waals surface area (Å²) in [6, 6.07) is 0. The van der Waals surface area contributed by atoms with Gasteiger partial charge in [-0.25, -0.2) is 4.98 Å². The number of nitrogens with two attached hydrogens (primary N) is 1. The van der Waals surface area contributed by atoms with Gasteiger partial charge in [0, 0.05) is 30.7 Å². The van der Waals surface area contributed by atoms with Gasteiger partial charge in [-0.3, -0.25) is 0 Å². The van der Waals surface area contributed by atoms with Gasteiger partial charge < -0.3 is 11.1 Å². The highest BCUT2D eigenvalue weighted by Gasteiger charge is 1.95. The van der Waals surface area contributed by atoms with Crippen molar-refractivity contribution in [3.05, 3.63) is 16.1 Å². The Labute approximate surface area is 70.6 Å². The molecule has 1 heterocycles. The van der Waals surface area contributed by atoms with Crippen LogP contribution in [0.5, 0.6) is 0 Å². The lowest BCUT2D eigenvalue weighted by Crippen LogP contribution is -2.21. The quantitative estimate of drug-likeness (QED) is 0.649. The zero-order chi connectivity index (χ0) is 8.10. The maximum atomic E-state index is 5.32. The number of nitrogens with one attached hydrogen (secondary N) is 1. The van der Waals surface area contributed by atoms with Crippen LogP contribution in [0.3, 0.4) is 0 Å². The number of hydrogen-bond acceptors (Lipinski definition) is 4. The van der Waals surface area contributed by atoms with Gasteiger partial charge in [-0.15, -0.1) is 11.3 Å². The average Bonchev–Trinajstić information content (AvgIpc) is 2.37. The van der Waals surface area contributed by atoms with E-state index in [0.29, 0.717) is 6.54 Å². The number of aromatic nitrogens is 1. The lowest BCUT2D eigenvalue weighted by Gasteiger charge is -1.97. The highest BCUT2D eigenvalue weighted by molar-refractivity contribution is 7.11. The van der Waals surface area contributed by atoms with E-state index < -0.39 is 0 Å². The van der Waals surface area contributed by atoms with Gasteiger partial charge in [0.15, 0.2) is 0 Å². The molecular weight excluding hydrogens is 158 g/mol. The van der Waals surface area contributed by atoms with E-state index in [4.69, 9.17) is 5.73 Å². The van der Waals surface area contributed by atoms with Crippen molar-refractivity contribution < 1.29 is 0 Å². The van der Waals surface area contributed by atoms with Gasteiger partial charge in [0.2, 0.25) is 0 Å². The molecule has 1 rings (SSSR count). The molecule has 0 amide bonds. The summed E-state index contributed by atoms with van der Waals surface area (Å²) in [5, 5.41) is 4.33. The van der Waals surface area contributed by atoms with Crippen molar-refractivity contribution >= 4 is 11.3 Å². The molecule has 4 heteroatoms. The summed E-state index contributed by atoms with van der Waals surface area (Å²) < 4.78 is 0. The van der Waals surface area contributed by atoms with Crippen molar-refractivity contribution in [3.63, 3.8) is 0 Å². The normalized spacial score (nSPS) is 10.4. The number of aryl methyl sites for hydroxylation is 1. The summed E-state index contributed by atoms with van der Waals surface area (Å²) in [4.78, 5) is 5.42. The monoisotopic (exact) mass is 171 g/mol. The largest absolute Gasteiger partial charge is 0.329 e. The highest BCUT2D eigenvalue weighted by Crippen LogP contribution is 2.10. The van der Waals surface area contributed by atoms with Gasteiger partial charge in [-0.2, -0.15) is 0 Å². The Morgan fingerprint density at radius 1 is 1.73 bits per heavy atom. The summed E-state index contributed by atoms with van der Waals surface area (Å²) in [6.45, 7) is 4.47.